The summed E-state index contributed by atoms with van der Waals surface area (Å²) in [7, 11) is 0. The zero-order valence-corrected chi connectivity index (χ0v) is 8.95. The van der Waals surface area contributed by atoms with Crippen molar-refractivity contribution in [1.29, 1.82) is 0 Å². The van der Waals surface area contributed by atoms with Gasteiger partial charge in [-0.1, -0.05) is 13.8 Å². The quantitative estimate of drug-likeness (QED) is 0.688. The van der Waals surface area contributed by atoms with Crippen LogP contribution in [0.5, 0.6) is 0 Å². The normalized spacial score (nSPS) is 16.7. The Morgan fingerprint density at radius 1 is 1.43 bits per heavy atom. The van der Waals surface area contributed by atoms with Crippen LogP contribution in [-0.2, 0) is 9.53 Å². The summed E-state index contributed by atoms with van der Waals surface area (Å²) in [6.07, 6.45) is -0.295. The fourth-order valence-electron chi connectivity index (χ4n) is 1.21. The molecule has 0 spiro atoms. The Bertz CT molecular complexity index is 232. The van der Waals surface area contributed by atoms with Crippen molar-refractivity contribution in [1.82, 2.24) is 4.90 Å². The molecule has 0 bridgehead atoms. The van der Waals surface area contributed by atoms with Crippen LogP contribution in [0.25, 0.3) is 0 Å². The third-order valence-electron chi connectivity index (χ3n) is 2.25. The van der Waals surface area contributed by atoms with E-state index in [0.29, 0.717) is 25.6 Å². The summed E-state index contributed by atoms with van der Waals surface area (Å²) >= 11 is 0. The Hall–Kier alpha value is -1.06. The minimum absolute atomic E-state index is 0.0293. The van der Waals surface area contributed by atoms with E-state index in [9.17, 15) is 9.59 Å². The molecule has 0 atom stereocenters. The molecule has 14 heavy (non-hydrogen) atoms. The van der Waals surface area contributed by atoms with Crippen molar-refractivity contribution in [2.75, 3.05) is 19.7 Å². The number of Topliss-reactive ketones (excluding diaryl/α,β-unsaturated/α-hetero) is 1. The monoisotopic (exact) mass is 199 g/mol. The van der Waals surface area contributed by atoms with Crippen molar-refractivity contribution in [2.24, 2.45) is 11.8 Å². The van der Waals surface area contributed by atoms with Crippen molar-refractivity contribution < 1.29 is 14.3 Å². The van der Waals surface area contributed by atoms with E-state index in [4.69, 9.17) is 4.74 Å². The minimum Gasteiger partial charge on any atom is -0.449 e. The van der Waals surface area contributed by atoms with Crippen LogP contribution in [0.2, 0.25) is 0 Å². The molecule has 1 aliphatic rings. The summed E-state index contributed by atoms with van der Waals surface area (Å²) in [6.45, 7) is 7.02. The second kappa shape index (κ2) is 4.44. The number of ketones is 1. The molecule has 0 aromatic carbocycles. The van der Waals surface area contributed by atoms with Crippen molar-refractivity contribution in [3.05, 3.63) is 0 Å². The Labute approximate surface area is 84.2 Å². The van der Waals surface area contributed by atoms with Crippen molar-refractivity contribution in [3.8, 4) is 0 Å². The predicted octanol–water partition coefficient (Wildman–Crippen LogP) is 1.30. The fourth-order valence-corrected chi connectivity index (χ4v) is 1.21. The van der Waals surface area contributed by atoms with E-state index < -0.39 is 0 Å². The third-order valence-corrected chi connectivity index (χ3v) is 2.25. The van der Waals surface area contributed by atoms with Crippen LogP contribution in [0.1, 0.15) is 20.8 Å². The summed E-state index contributed by atoms with van der Waals surface area (Å²) in [6, 6.07) is 0. The average molecular weight is 199 g/mol. The molecule has 1 heterocycles. The van der Waals surface area contributed by atoms with Crippen LogP contribution in [0.4, 0.5) is 4.79 Å². The van der Waals surface area contributed by atoms with Gasteiger partial charge in [0.05, 0.1) is 12.5 Å². The highest BCUT2D eigenvalue weighted by molar-refractivity contribution is 5.82. The summed E-state index contributed by atoms with van der Waals surface area (Å²) < 4.78 is 5.01. The number of likely N-dealkylation sites (tertiary alicyclic amines) is 1. The number of amides is 1. The maximum Gasteiger partial charge on any atom is 0.409 e. The van der Waals surface area contributed by atoms with Crippen LogP contribution in [0.15, 0.2) is 0 Å². The molecule has 0 aliphatic carbocycles. The van der Waals surface area contributed by atoms with E-state index in [1.807, 2.05) is 13.8 Å². The van der Waals surface area contributed by atoms with E-state index in [0.717, 1.165) is 0 Å². The van der Waals surface area contributed by atoms with Crippen LogP contribution < -0.4 is 0 Å². The lowest BCUT2D eigenvalue weighted by Crippen LogP contribution is -2.52. The SMILES string of the molecule is CC(=O)C1CN(C(=O)OCC(C)C)C1. The molecule has 4 heteroatoms. The lowest BCUT2D eigenvalue weighted by atomic mass is 9.97. The molecule has 0 radical (unpaired) electrons. The van der Waals surface area contributed by atoms with Gasteiger partial charge in [-0.3, -0.25) is 4.79 Å². The molecule has 1 rings (SSSR count). The van der Waals surface area contributed by atoms with E-state index in [2.05, 4.69) is 0 Å². The maximum atomic E-state index is 11.3. The molecule has 1 fully saturated rings. The molecule has 1 aliphatic heterocycles. The Morgan fingerprint density at radius 2 is 2.00 bits per heavy atom. The first-order valence-corrected chi connectivity index (χ1v) is 4.93. The van der Waals surface area contributed by atoms with Gasteiger partial charge < -0.3 is 9.64 Å². The molecular formula is C10H17NO3. The second-order valence-electron chi connectivity index (χ2n) is 4.18. The maximum absolute atomic E-state index is 11.3. The summed E-state index contributed by atoms with van der Waals surface area (Å²) in [5.74, 6) is 0.531. The number of carbonyl (C=O) groups is 2. The van der Waals surface area contributed by atoms with Crippen molar-refractivity contribution in [2.45, 2.75) is 20.8 Å². The zero-order chi connectivity index (χ0) is 10.7. The van der Waals surface area contributed by atoms with Gasteiger partial charge in [0.1, 0.15) is 5.78 Å². The molecule has 1 amide bonds. The first-order valence-electron chi connectivity index (χ1n) is 4.93. The molecule has 0 saturated carbocycles. The first kappa shape index (κ1) is 11.0. The summed E-state index contributed by atoms with van der Waals surface area (Å²) in [4.78, 5) is 23.7. The smallest absolute Gasteiger partial charge is 0.409 e. The predicted molar refractivity (Wildman–Crippen MR) is 51.9 cm³/mol. The molecule has 80 valence electrons. The van der Waals surface area contributed by atoms with Crippen LogP contribution in [0.3, 0.4) is 0 Å². The average Bonchev–Trinajstić information content (AvgIpc) is 1.97. The summed E-state index contributed by atoms with van der Waals surface area (Å²) in [5, 5.41) is 0. The molecule has 0 aromatic rings. The Morgan fingerprint density at radius 3 is 2.43 bits per heavy atom. The van der Waals surface area contributed by atoms with Gasteiger partial charge in [0.2, 0.25) is 0 Å². The van der Waals surface area contributed by atoms with Gasteiger partial charge in [-0.15, -0.1) is 0 Å². The molecule has 0 N–H and O–H groups in total. The number of carbonyl (C=O) groups excluding carboxylic acids is 2. The number of hydrogen-bond donors (Lipinski definition) is 0. The van der Waals surface area contributed by atoms with Gasteiger partial charge in [-0.25, -0.2) is 4.79 Å². The highest BCUT2D eigenvalue weighted by Crippen LogP contribution is 2.17. The highest BCUT2D eigenvalue weighted by Gasteiger charge is 2.34. The van der Waals surface area contributed by atoms with E-state index in [1.54, 1.807) is 11.8 Å². The van der Waals surface area contributed by atoms with Gasteiger partial charge >= 0.3 is 6.09 Å². The van der Waals surface area contributed by atoms with Crippen molar-refractivity contribution >= 4 is 11.9 Å². The van der Waals surface area contributed by atoms with E-state index >= 15 is 0 Å². The van der Waals surface area contributed by atoms with Gasteiger partial charge in [0, 0.05) is 13.1 Å². The van der Waals surface area contributed by atoms with Gasteiger partial charge in [0.25, 0.3) is 0 Å². The van der Waals surface area contributed by atoms with Crippen LogP contribution >= 0.6 is 0 Å². The van der Waals surface area contributed by atoms with Gasteiger partial charge in [-0.05, 0) is 12.8 Å². The second-order valence-corrected chi connectivity index (χ2v) is 4.18. The third kappa shape index (κ3) is 2.72. The standard InChI is InChI=1S/C10H17NO3/c1-7(2)6-14-10(13)11-4-9(5-11)8(3)12/h7,9H,4-6H2,1-3H3. The fraction of sp³-hybridized carbons (Fsp3) is 0.800. The van der Waals surface area contributed by atoms with Crippen LogP contribution in [-0.4, -0.2) is 36.5 Å². The minimum atomic E-state index is -0.295. The molecule has 1 saturated heterocycles. The highest BCUT2D eigenvalue weighted by atomic mass is 16.6. The molecule has 0 aromatic heterocycles. The molecule has 0 unspecified atom stereocenters. The van der Waals surface area contributed by atoms with Gasteiger partial charge in [-0.2, -0.15) is 0 Å². The molecular weight excluding hydrogens is 182 g/mol. The number of rotatable bonds is 3. The Kier molecular flexibility index (Phi) is 3.49. The number of ether oxygens (including phenoxy) is 1. The number of nitrogens with zero attached hydrogens (tertiary/aromatic N) is 1. The lowest BCUT2D eigenvalue weighted by molar-refractivity contribution is -0.124. The largest absolute Gasteiger partial charge is 0.449 e. The zero-order valence-electron chi connectivity index (χ0n) is 8.95. The first-order chi connectivity index (χ1) is 6.50. The summed E-state index contributed by atoms with van der Waals surface area (Å²) in [5.41, 5.74) is 0. The lowest BCUT2D eigenvalue weighted by Gasteiger charge is -2.36. The topological polar surface area (TPSA) is 46.6 Å². The van der Waals surface area contributed by atoms with E-state index in [1.165, 1.54) is 0 Å². The molecule has 4 nitrogen and oxygen atoms in total. The van der Waals surface area contributed by atoms with Gasteiger partial charge in [0.15, 0.2) is 0 Å². The van der Waals surface area contributed by atoms with Crippen LogP contribution in [0, 0.1) is 11.8 Å². The van der Waals surface area contributed by atoms with E-state index in [-0.39, 0.29) is 17.8 Å². The number of hydrogen-bond acceptors (Lipinski definition) is 3. The Balaban J connectivity index is 2.19. The van der Waals surface area contributed by atoms with Crippen molar-refractivity contribution in [3.63, 3.8) is 0 Å².